The number of alkyl halides is 1. The van der Waals surface area contributed by atoms with E-state index in [-0.39, 0.29) is 28.9 Å². The van der Waals surface area contributed by atoms with E-state index < -0.39 is 12.3 Å². The van der Waals surface area contributed by atoms with Gasteiger partial charge in [-0.05, 0) is 123 Å². The third-order valence-electron chi connectivity index (χ3n) is 11.8. The Balaban J connectivity index is 1.21. The Hall–Kier alpha value is -2.60. The maximum atomic E-state index is 16.1. The molecule has 0 spiro atoms. The van der Waals surface area contributed by atoms with Crippen LogP contribution in [0.4, 0.5) is 4.39 Å². The minimum Gasteiger partial charge on any atom is -0.508 e. The van der Waals surface area contributed by atoms with Crippen LogP contribution in [-0.2, 0) is 6.42 Å². The summed E-state index contributed by atoms with van der Waals surface area (Å²) in [5.41, 5.74) is 2.53. The Morgan fingerprint density at radius 1 is 0.957 bits per heavy atom. The maximum Gasteiger partial charge on any atom is 0.253 e. The number of unbranched alkanes of at least 4 members (excludes halogenated alkanes) is 7. The second-order valence-electron chi connectivity index (χ2n) is 14.7. The zero-order valence-electron chi connectivity index (χ0n) is 28.6. The Bertz CT molecular complexity index is 1270. The average molecular weight is 636 g/mol. The lowest BCUT2D eigenvalue weighted by atomic mass is 9.51. The molecule has 3 aliphatic carbocycles. The van der Waals surface area contributed by atoms with Crippen molar-refractivity contribution in [1.29, 1.82) is 0 Å². The number of fused-ring (bicyclic) bond motifs is 5. The summed E-state index contributed by atoms with van der Waals surface area (Å²) >= 11 is 0. The van der Waals surface area contributed by atoms with Gasteiger partial charge >= 0.3 is 0 Å². The molecular formula is C40H58FNO4. The van der Waals surface area contributed by atoms with Crippen LogP contribution in [0.1, 0.15) is 132 Å². The molecule has 3 aliphatic rings. The number of hydrogen-bond acceptors (Lipinski definition) is 4. The average Bonchev–Trinajstić information content (AvgIpc) is 3.34. The molecule has 2 fully saturated rings. The normalized spacial score (nSPS) is 28.3. The molecule has 0 aromatic heterocycles. The third-order valence-corrected chi connectivity index (χ3v) is 11.8. The van der Waals surface area contributed by atoms with Crippen LogP contribution in [0.2, 0.25) is 0 Å². The number of aromatic hydroxyl groups is 1. The van der Waals surface area contributed by atoms with Gasteiger partial charge in [0.1, 0.15) is 17.7 Å². The van der Waals surface area contributed by atoms with Gasteiger partial charge in [0.25, 0.3) is 5.91 Å². The first-order valence-corrected chi connectivity index (χ1v) is 18.4. The number of carbonyl (C=O) groups excluding carboxylic acids is 1. The van der Waals surface area contributed by atoms with Crippen molar-refractivity contribution in [1.82, 2.24) is 4.90 Å². The Morgan fingerprint density at radius 3 is 2.37 bits per heavy atom. The van der Waals surface area contributed by atoms with Crippen LogP contribution in [0.25, 0.3) is 0 Å². The summed E-state index contributed by atoms with van der Waals surface area (Å²) in [4.78, 5) is 15.6. The van der Waals surface area contributed by atoms with Crippen LogP contribution in [0, 0.1) is 23.2 Å². The van der Waals surface area contributed by atoms with Crippen molar-refractivity contribution in [3.63, 3.8) is 0 Å². The summed E-state index contributed by atoms with van der Waals surface area (Å²) in [5.74, 6) is 1.85. The lowest BCUT2D eigenvalue weighted by Gasteiger charge is -2.54. The molecule has 2 aromatic carbocycles. The van der Waals surface area contributed by atoms with Gasteiger partial charge in [0.2, 0.25) is 0 Å². The van der Waals surface area contributed by atoms with E-state index in [0.717, 1.165) is 87.8 Å². The molecule has 7 atom stereocenters. The molecule has 0 bridgehead atoms. The van der Waals surface area contributed by atoms with Gasteiger partial charge in [-0.15, -0.1) is 0 Å². The van der Waals surface area contributed by atoms with Gasteiger partial charge in [-0.25, -0.2) is 4.39 Å². The first-order chi connectivity index (χ1) is 22.3. The first kappa shape index (κ1) is 34.7. The third kappa shape index (κ3) is 7.75. The van der Waals surface area contributed by atoms with E-state index >= 15 is 4.39 Å². The van der Waals surface area contributed by atoms with Gasteiger partial charge < -0.3 is 19.8 Å². The molecule has 2 aromatic rings. The zero-order valence-corrected chi connectivity index (χ0v) is 28.6. The van der Waals surface area contributed by atoms with E-state index in [9.17, 15) is 15.0 Å². The highest BCUT2D eigenvalue weighted by atomic mass is 19.1. The highest BCUT2D eigenvalue weighted by molar-refractivity contribution is 5.94. The zero-order chi connectivity index (χ0) is 32.7. The lowest BCUT2D eigenvalue weighted by molar-refractivity contribution is -0.0722. The molecule has 6 heteroatoms. The van der Waals surface area contributed by atoms with Crippen LogP contribution in [0.3, 0.4) is 0 Å². The molecule has 46 heavy (non-hydrogen) atoms. The van der Waals surface area contributed by atoms with Crippen molar-refractivity contribution in [2.45, 2.75) is 129 Å². The number of phenols is 1. The molecule has 2 saturated carbocycles. The summed E-state index contributed by atoms with van der Waals surface area (Å²) in [6, 6.07) is 13.1. The van der Waals surface area contributed by atoms with Crippen molar-refractivity contribution < 1.29 is 24.1 Å². The van der Waals surface area contributed by atoms with Gasteiger partial charge in [-0.3, -0.25) is 4.79 Å². The van der Waals surface area contributed by atoms with Crippen LogP contribution in [0.5, 0.6) is 11.5 Å². The molecule has 0 heterocycles. The van der Waals surface area contributed by atoms with Crippen LogP contribution < -0.4 is 4.74 Å². The standard InChI is InChI=1S/C40H58FNO4/c1-4-6-7-8-9-12-23-42(39(45)28-15-18-32(19-16-28)46-5-2)24-13-10-11-14-29-25-30-26-31(43)17-20-33(30)38-35(41)27-40(3)34(37(29)38)21-22-36(40)44/h15-20,26,29,34-38,43-44H,4-14,21-25,27H2,1-3H3/t29?,34?,35?,36?,37?,38?,40-/m0/s1. The second-order valence-corrected chi connectivity index (χ2v) is 14.7. The summed E-state index contributed by atoms with van der Waals surface area (Å²) in [6.07, 6.45) is 12.8. The van der Waals surface area contributed by atoms with E-state index in [2.05, 4.69) is 13.8 Å². The van der Waals surface area contributed by atoms with Gasteiger partial charge in [0.15, 0.2) is 0 Å². The SMILES string of the molecule is CCCCCCCCN(CCCCCC1Cc2cc(O)ccc2C2C(F)C[C@]3(C)C(O)CCC3C12)C(=O)c1ccc(OCC)cc1. The highest BCUT2D eigenvalue weighted by Crippen LogP contribution is 2.63. The molecular weight excluding hydrogens is 577 g/mol. The number of aliphatic hydroxyl groups is 1. The molecule has 0 saturated heterocycles. The second kappa shape index (κ2) is 16.0. The predicted molar refractivity (Wildman–Crippen MR) is 183 cm³/mol. The minimum atomic E-state index is -0.978. The van der Waals surface area contributed by atoms with Crippen LogP contribution in [-0.4, -0.2) is 53.0 Å². The number of halogens is 1. The largest absolute Gasteiger partial charge is 0.508 e. The van der Waals surface area contributed by atoms with Gasteiger partial charge in [-0.1, -0.05) is 64.9 Å². The topological polar surface area (TPSA) is 70.0 Å². The molecule has 254 valence electrons. The monoisotopic (exact) mass is 635 g/mol. The molecule has 0 radical (unpaired) electrons. The van der Waals surface area contributed by atoms with Crippen molar-refractivity contribution in [2.75, 3.05) is 19.7 Å². The van der Waals surface area contributed by atoms with E-state index in [4.69, 9.17) is 4.74 Å². The van der Waals surface area contributed by atoms with E-state index in [1.165, 1.54) is 25.7 Å². The van der Waals surface area contributed by atoms with Crippen molar-refractivity contribution in [3.05, 3.63) is 59.2 Å². The fourth-order valence-electron chi connectivity index (χ4n) is 9.36. The smallest absolute Gasteiger partial charge is 0.253 e. The molecule has 0 aliphatic heterocycles. The minimum absolute atomic E-state index is 0.0958. The van der Waals surface area contributed by atoms with E-state index in [1.54, 1.807) is 6.07 Å². The summed E-state index contributed by atoms with van der Waals surface area (Å²) in [6.45, 7) is 8.45. The fourth-order valence-corrected chi connectivity index (χ4v) is 9.36. The molecule has 2 N–H and O–H groups in total. The highest BCUT2D eigenvalue weighted by Gasteiger charge is 2.59. The van der Waals surface area contributed by atoms with Crippen molar-refractivity contribution >= 4 is 5.91 Å². The molecule has 1 amide bonds. The number of phenolic OH excluding ortho intramolecular Hbond substituents is 1. The van der Waals surface area contributed by atoms with Gasteiger partial charge in [0, 0.05) is 24.6 Å². The van der Waals surface area contributed by atoms with E-state index in [1.807, 2.05) is 48.2 Å². The van der Waals surface area contributed by atoms with Crippen molar-refractivity contribution in [2.24, 2.45) is 23.2 Å². The maximum absolute atomic E-state index is 16.1. The van der Waals surface area contributed by atoms with Gasteiger partial charge in [-0.2, -0.15) is 0 Å². The number of hydrogen-bond donors (Lipinski definition) is 2. The first-order valence-electron chi connectivity index (χ1n) is 18.4. The Morgan fingerprint density at radius 2 is 1.65 bits per heavy atom. The number of rotatable bonds is 16. The molecule has 6 unspecified atom stereocenters. The molecule has 5 nitrogen and oxygen atoms in total. The van der Waals surface area contributed by atoms with Crippen molar-refractivity contribution in [3.8, 4) is 11.5 Å². The lowest BCUT2D eigenvalue weighted by Crippen LogP contribution is -2.51. The number of amides is 1. The molecule has 5 rings (SSSR count). The van der Waals surface area contributed by atoms with Crippen LogP contribution in [0.15, 0.2) is 42.5 Å². The quantitative estimate of drug-likeness (QED) is 0.180. The Kier molecular flexibility index (Phi) is 12.1. The van der Waals surface area contributed by atoms with E-state index in [0.29, 0.717) is 30.4 Å². The number of aliphatic hydroxyl groups excluding tert-OH is 1. The Labute approximate surface area is 276 Å². The summed E-state index contributed by atoms with van der Waals surface area (Å²) in [7, 11) is 0. The fraction of sp³-hybridized carbons (Fsp3) is 0.675. The number of carbonyl (C=O) groups is 1. The van der Waals surface area contributed by atoms with Gasteiger partial charge in [0.05, 0.1) is 12.7 Å². The summed E-state index contributed by atoms with van der Waals surface area (Å²) in [5, 5.41) is 21.2. The number of nitrogens with zero attached hydrogens (tertiary/aromatic N) is 1. The number of benzene rings is 2. The van der Waals surface area contributed by atoms with Crippen LogP contribution >= 0.6 is 0 Å². The summed E-state index contributed by atoms with van der Waals surface area (Å²) < 4.78 is 21.7. The predicted octanol–water partition coefficient (Wildman–Crippen LogP) is 9.25. The number of ether oxygens (including phenoxy) is 1.